The highest BCUT2D eigenvalue weighted by atomic mass is 32.1. The number of rotatable bonds is 6. The lowest BCUT2D eigenvalue weighted by Gasteiger charge is -2.14. The Morgan fingerprint density at radius 2 is 1.87 bits per heavy atom. The average Bonchev–Trinajstić information content (AvgIpc) is 3.43. The van der Waals surface area contributed by atoms with Crippen LogP contribution in [0.4, 0.5) is 11.4 Å². The summed E-state index contributed by atoms with van der Waals surface area (Å²) < 4.78 is 2.09. The van der Waals surface area contributed by atoms with E-state index in [0.29, 0.717) is 16.7 Å². The third-order valence-corrected chi connectivity index (χ3v) is 8.15. The molecule has 1 aliphatic rings. The fraction of sp³-hybridized carbons (Fsp3) is 0.200. The molecule has 7 nitrogen and oxygen atoms in total. The van der Waals surface area contributed by atoms with Crippen LogP contribution < -0.4 is 5.32 Å². The summed E-state index contributed by atoms with van der Waals surface area (Å²) in [5.41, 5.74) is 6.01. The molecular formula is C30H26N4O3S. The monoisotopic (exact) mass is 522 g/mol. The third kappa shape index (κ3) is 4.76. The van der Waals surface area contributed by atoms with Crippen LogP contribution in [0.5, 0.6) is 0 Å². The van der Waals surface area contributed by atoms with E-state index in [1.165, 1.54) is 17.0 Å². The summed E-state index contributed by atoms with van der Waals surface area (Å²) in [4.78, 5) is 25.7. The number of fused-ring (bicyclic) bond motifs is 1. The van der Waals surface area contributed by atoms with Gasteiger partial charge in [-0.15, -0.1) is 11.3 Å². The van der Waals surface area contributed by atoms with Gasteiger partial charge >= 0.3 is 0 Å². The standard InChI is InChI=1S/C30H26N4O3S/c1-19-15-22(16-23(18-31)21-9-8-12-25(17-21)34(36)37)20(2)33(19)30-28(26-13-6-7-14-27(26)38-30)29(35)32-24-10-4-3-5-11-24/h3-5,8-12,15-17H,6-7,13-14H2,1-2H3,(H,32,35)/b23-16-. The van der Waals surface area contributed by atoms with Crippen molar-refractivity contribution in [3.8, 4) is 11.1 Å². The molecule has 1 N–H and O–H groups in total. The van der Waals surface area contributed by atoms with Crippen LogP contribution in [0.1, 0.15) is 56.2 Å². The van der Waals surface area contributed by atoms with Gasteiger partial charge in [0.2, 0.25) is 0 Å². The molecular weight excluding hydrogens is 496 g/mol. The van der Waals surface area contributed by atoms with E-state index in [4.69, 9.17) is 0 Å². The maximum atomic E-state index is 13.6. The van der Waals surface area contributed by atoms with Crippen LogP contribution in [0.3, 0.4) is 0 Å². The molecule has 8 heteroatoms. The number of benzene rings is 2. The van der Waals surface area contributed by atoms with Crippen LogP contribution in [0.25, 0.3) is 16.7 Å². The summed E-state index contributed by atoms with van der Waals surface area (Å²) in [6, 6.07) is 19.7. The van der Waals surface area contributed by atoms with Crippen LogP contribution in [0, 0.1) is 35.3 Å². The Morgan fingerprint density at radius 3 is 2.61 bits per heavy atom. The molecule has 1 aliphatic carbocycles. The van der Waals surface area contributed by atoms with Crippen LogP contribution in [-0.4, -0.2) is 15.4 Å². The molecule has 0 atom stereocenters. The number of para-hydroxylation sites is 1. The number of anilines is 1. The van der Waals surface area contributed by atoms with E-state index in [1.54, 1.807) is 29.5 Å². The van der Waals surface area contributed by atoms with E-state index in [2.05, 4.69) is 16.0 Å². The van der Waals surface area contributed by atoms with Gasteiger partial charge in [-0.1, -0.05) is 30.3 Å². The number of nitrogens with zero attached hydrogens (tertiary/aromatic N) is 3. The fourth-order valence-corrected chi connectivity index (χ4v) is 6.52. The minimum atomic E-state index is -0.467. The predicted octanol–water partition coefficient (Wildman–Crippen LogP) is 7.26. The second-order valence-corrected chi connectivity index (χ2v) is 10.4. The van der Waals surface area contributed by atoms with Crippen molar-refractivity contribution in [2.24, 2.45) is 0 Å². The van der Waals surface area contributed by atoms with Gasteiger partial charge in [0.25, 0.3) is 11.6 Å². The molecule has 38 heavy (non-hydrogen) atoms. The van der Waals surface area contributed by atoms with E-state index in [1.807, 2.05) is 50.2 Å². The topological polar surface area (TPSA) is 101 Å². The minimum absolute atomic E-state index is 0.0626. The number of nitro groups is 1. The van der Waals surface area contributed by atoms with Gasteiger partial charge in [0.05, 0.1) is 22.1 Å². The zero-order chi connectivity index (χ0) is 26.8. The molecule has 2 aromatic carbocycles. The Labute approximate surface area is 224 Å². The molecule has 1 amide bonds. The number of carbonyl (C=O) groups excluding carboxylic acids is 1. The van der Waals surface area contributed by atoms with Crippen LogP contribution in [0.15, 0.2) is 60.7 Å². The number of aromatic nitrogens is 1. The van der Waals surface area contributed by atoms with Gasteiger partial charge in [0, 0.05) is 34.1 Å². The number of hydrogen-bond donors (Lipinski definition) is 1. The largest absolute Gasteiger partial charge is 0.322 e. The predicted molar refractivity (Wildman–Crippen MR) is 151 cm³/mol. The fourth-order valence-electron chi connectivity index (χ4n) is 5.03. The summed E-state index contributed by atoms with van der Waals surface area (Å²) in [7, 11) is 0. The van der Waals surface area contributed by atoms with Crippen molar-refractivity contribution < 1.29 is 9.72 Å². The van der Waals surface area contributed by atoms with E-state index < -0.39 is 4.92 Å². The summed E-state index contributed by atoms with van der Waals surface area (Å²) in [5, 5.41) is 25.1. The van der Waals surface area contributed by atoms with Crippen molar-refractivity contribution in [1.82, 2.24) is 4.57 Å². The Bertz CT molecular complexity index is 1620. The highest BCUT2D eigenvalue weighted by molar-refractivity contribution is 7.15. The summed E-state index contributed by atoms with van der Waals surface area (Å²) in [5.74, 6) is -0.121. The molecule has 0 fully saturated rings. The van der Waals surface area contributed by atoms with Gasteiger partial charge < -0.3 is 9.88 Å². The number of allylic oxidation sites excluding steroid dienone is 1. The molecule has 2 heterocycles. The normalized spacial score (nSPS) is 13.0. The Morgan fingerprint density at radius 1 is 1.11 bits per heavy atom. The molecule has 190 valence electrons. The molecule has 0 saturated carbocycles. The van der Waals surface area contributed by atoms with Gasteiger partial charge in [-0.3, -0.25) is 14.9 Å². The molecule has 0 aliphatic heterocycles. The van der Waals surface area contributed by atoms with Crippen molar-refractivity contribution in [1.29, 1.82) is 5.26 Å². The number of carbonyl (C=O) groups is 1. The number of hydrogen-bond acceptors (Lipinski definition) is 5. The lowest BCUT2D eigenvalue weighted by atomic mass is 9.95. The third-order valence-electron chi connectivity index (χ3n) is 6.87. The quantitative estimate of drug-likeness (QED) is 0.164. The molecule has 0 unspecified atom stereocenters. The number of nitro benzene ring substituents is 1. The van der Waals surface area contributed by atoms with Crippen LogP contribution in [-0.2, 0) is 12.8 Å². The highest BCUT2D eigenvalue weighted by Gasteiger charge is 2.28. The Hall–Kier alpha value is -4.48. The van der Waals surface area contributed by atoms with Crippen LogP contribution >= 0.6 is 11.3 Å². The van der Waals surface area contributed by atoms with Gasteiger partial charge in [-0.25, -0.2) is 0 Å². The van der Waals surface area contributed by atoms with Gasteiger partial charge in [0.15, 0.2) is 0 Å². The maximum Gasteiger partial charge on any atom is 0.270 e. The molecule has 0 bridgehead atoms. The molecule has 5 rings (SSSR count). The Kier molecular flexibility index (Phi) is 6.95. The number of thiophene rings is 1. The van der Waals surface area contributed by atoms with E-state index in [-0.39, 0.29) is 11.6 Å². The number of nitriles is 1. The van der Waals surface area contributed by atoms with Crippen molar-refractivity contribution in [2.75, 3.05) is 5.32 Å². The van der Waals surface area contributed by atoms with Gasteiger partial charge in [-0.2, -0.15) is 5.26 Å². The first-order valence-corrected chi connectivity index (χ1v) is 13.3. The SMILES string of the molecule is Cc1cc(/C=C(/C#N)c2cccc([N+](=O)[O-])c2)c(C)n1-c1sc2c(c1C(=O)Nc1ccccc1)CCCC2. The first kappa shape index (κ1) is 25.2. The van der Waals surface area contributed by atoms with Gasteiger partial charge in [-0.05, 0) is 80.5 Å². The zero-order valence-corrected chi connectivity index (χ0v) is 22.0. The summed E-state index contributed by atoms with van der Waals surface area (Å²) in [6.45, 7) is 3.96. The smallest absolute Gasteiger partial charge is 0.270 e. The number of aryl methyl sites for hydroxylation is 2. The van der Waals surface area contributed by atoms with E-state index in [9.17, 15) is 20.2 Å². The molecule has 0 saturated heterocycles. The minimum Gasteiger partial charge on any atom is -0.322 e. The number of nitrogens with one attached hydrogen (secondary N) is 1. The molecule has 0 radical (unpaired) electrons. The second-order valence-electron chi connectivity index (χ2n) is 9.35. The van der Waals surface area contributed by atoms with E-state index in [0.717, 1.165) is 58.9 Å². The molecule has 2 aromatic heterocycles. The van der Waals surface area contributed by atoms with E-state index >= 15 is 0 Å². The highest BCUT2D eigenvalue weighted by Crippen LogP contribution is 2.39. The second kappa shape index (κ2) is 10.5. The molecule has 4 aromatic rings. The molecule has 0 spiro atoms. The average molecular weight is 523 g/mol. The lowest BCUT2D eigenvalue weighted by molar-refractivity contribution is -0.384. The van der Waals surface area contributed by atoms with Crippen molar-refractivity contribution >= 4 is 40.3 Å². The van der Waals surface area contributed by atoms with Crippen LogP contribution in [0.2, 0.25) is 0 Å². The summed E-state index contributed by atoms with van der Waals surface area (Å²) in [6.07, 6.45) is 5.76. The zero-order valence-electron chi connectivity index (χ0n) is 21.2. The first-order valence-electron chi connectivity index (χ1n) is 12.4. The maximum absolute atomic E-state index is 13.6. The number of non-ortho nitro benzene ring substituents is 1. The first-order chi connectivity index (χ1) is 18.4. The lowest BCUT2D eigenvalue weighted by Crippen LogP contribution is -2.17. The summed E-state index contributed by atoms with van der Waals surface area (Å²) >= 11 is 1.66. The Balaban J connectivity index is 1.60. The van der Waals surface area contributed by atoms with Crippen molar-refractivity contribution in [3.05, 3.63) is 109 Å². The van der Waals surface area contributed by atoms with Gasteiger partial charge in [0.1, 0.15) is 5.00 Å². The number of amides is 1. The van der Waals surface area contributed by atoms with Crippen molar-refractivity contribution in [2.45, 2.75) is 39.5 Å². The van der Waals surface area contributed by atoms with Crippen molar-refractivity contribution in [3.63, 3.8) is 0 Å².